The van der Waals surface area contributed by atoms with E-state index in [0.29, 0.717) is 19.1 Å². The van der Waals surface area contributed by atoms with Gasteiger partial charge in [-0.1, -0.05) is 6.92 Å². The molecule has 58 valence electrons. The zero-order valence-electron chi connectivity index (χ0n) is 6.29. The Balaban J connectivity index is 2.27. The molecule has 2 unspecified atom stereocenters. The van der Waals surface area contributed by atoms with Gasteiger partial charge in [-0.05, 0) is 6.92 Å². The Bertz CT molecular complexity index is 133. The molecule has 1 rings (SSSR count). The maximum atomic E-state index is 10.9. The highest BCUT2D eigenvalue weighted by molar-refractivity contribution is 5.75. The van der Waals surface area contributed by atoms with Crippen LogP contribution in [0.25, 0.3) is 0 Å². The molecule has 1 fully saturated rings. The number of esters is 1. The Hall–Kier alpha value is -0.570. The fourth-order valence-electron chi connectivity index (χ4n) is 0.910. The van der Waals surface area contributed by atoms with Gasteiger partial charge in [0.1, 0.15) is 0 Å². The van der Waals surface area contributed by atoms with E-state index in [2.05, 4.69) is 0 Å². The first-order chi connectivity index (χ1) is 4.75. The second kappa shape index (κ2) is 3.01. The van der Waals surface area contributed by atoms with Crippen molar-refractivity contribution in [2.75, 3.05) is 13.2 Å². The van der Waals surface area contributed by atoms with Crippen molar-refractivity contribution in [1.29, 1.82) is 0 Å². The summed E-state index contributed by atoms with van der Waals surface area (Å²) < 4.78 is 9.74. The molecule has 0 aromatic carbocycles. The van der Waals surface area contributed by atoms with E-state index >= 15 is 0 Å². The van der Waals surface area contributed by atoms with E-state index in [0.717, 1.165) is 0 Å². The summed E-state index contributed by atoms with van der Waals surface area (Å²) in [5.41, 5.74) is 0. The van der Waals surface area contributed by atoms with Gasteiger partial charge in [0.25, 0.3) is 0 Å². The smallest absolute Gasteiger partial charge is 0.335 e. The molecule has 10 heavy (non-hydrogen) atoms. The highest BCUT2D eigenvalue weighted by Crippen LogP contribution is 2.20. The first-order valence-electron chi connectivity index (χ1n) is 3.54. The third-order valence-corrected chi connectivity index (χ3v) is 1.57. The van der Waals surface area contributed by atoms with Crippen LogP contribution in [0.1, 0.15) is 13.8 Å². The van der Waals surface area contributed by atoms with Gasteiger partial charge < -0.3 is 9.47 Å². The lowest BCUT2D eigenvalue weighted by Gasteiger charge is -2.31. The Morgan fingerprint density at radius 2 is 2.50 bits per heavy atom. The van der Waals surface area contributed by atoms with Gasteiger partial charge in [0.15, 0.2) is 6.10 Å². The normalized spacial score (nSPS) is 31.0. The predicted octanol–water partition coefficient (Wildman–Crippen LogP) is 0.584. The highest BCUT2D eigenvalue weighted by atomic mass is 16.6. The molecule has 1 saturated heterocycles. The third kappa shape index (κ3) is 1.29. The van der Waals surface area contributed by atoms with Gasteiger partial charge >= 0.3 is 5.97 Å². The molecule has 0 aliphatic carbocycles. The van der Waals surface area contributed by atoms with Crippen LogP contribution in [0.5, 0.6) is 0 Å². The molecule has 0 bridgehead atoms. The molecule has 0 spiro atoms. The van der Waals surface area contributed by atoms with Gasteiger partial charge in [-0.25, -0.2) is 4.79 Å². The second-order valence-electron chi connectivity index (χ2n) is 2.48. The Labute approximate surface area is 60.3 Å². The van der Waals surface area contributed by atoms with Crippen LogP contribution in [0.4, 0.5) is 0 Å². The monoisotopic (exact) mass is 144 g/mol. The van der Waals surface area contributed by atoms with Crippen LogP contribution in [0, 0.1) is 5.92 Å². The van der Waals surface area contributed by atoms with E-state index in [1.807, 2.05) is 6.92 Å². The predicted molar refractivity (Wildman–Crippen MR) is 35.5 cm³/mol. The number of hydrogen-bond donors (Lipinski definition) is 0. The SMILES string of the molecule is CCOC(=O)C1OCC1C. The van der Waals surface area contributed by atoms with Gasteiger partial charge in [0, 0.05) is 5.92 Å². The van der Waals surface area contributed by atoms with Crippen molar-refractivity contribution in [2.45, 2.75) is 20.0 Å². The number of carbonyl (C=O) groups excluding carboxylic acids is 1. The second-order valence-corrected chi connectivity index (χ2v) is 2.48. The van der Waals surface area contributed by atoms with Crippen LogP contribution in [-0.2, 0) is 14.3 Å². The minimum atomic E-state index is -0.292. The van der Waals surface area contributed by atoms with Crippen molar-refractivity contribution >= 4 is 5.97 Å². The summed E-state index contributed by atoms with van der Waals surface area (Å²) in [4.78, 5) is 10.9. The summed E-state index contributed by atoms with van der Waals surface area (Å²) in [5.74, 6) is 0.111. The van der Waals surface area contributed by atoms with Crippen molar-refractivity contribution in [3.63, 3.8) is 0 Å². The summed E-state index contributed by atoms with van der Waals surface area (Å²) in [6.07, 6.45) is -0.292. The van der Waals surface area contributed by atoms with Crippen LogP contribution in [0.3, 0.4) is 0 Å². The standard InChI is InChI=1S/C7H12O3/c1-3-9-7(8)6-5(2)4-10-6/h5-6H,3-4H2,1-2H3. The molecule has 1 heterocycles. The van der Waals surface area contributed by atoms with E-state index in [-0.39, 0.29) is 12.1 Å². The Morgan fingerprint density at radius 1 is 1.80 bits per heavy atom. The maximum absolute atomic E-state index is 10.9. The first kappa shape index (κ1) is 7.54. The summed E-state index contributed by atoms with van der Waals surface area (Å²) in [5, 5.41) is 0. The van der Waals surface area contributed by atoms with Gasteiger partial charge in [-0.2, -0.15) is 0 Å². The summed E-state index contributed by atoms with van der Waals surface area (Å²) in [6.45, 7) is 4.89. The average Bonchev–Trinajstić information content (AvgIpc) is 1.85. The molecule has 0 radical (unpaired) electrons. The van der Waals surface area contributed by atoms with Crippen LogP contribution in [0.2, 0.25) is 0 Å². The fourth-order valence-corrected chi connectivity index (χ4v) is 0.910. The van der Waals surface area contributed by atoms with Crippen molar-refractivity contribution in [3.8, 4) is 0 Å². The molecular formula is C7H12O3. The van der Waals surface area contributed by atoms with Crippen LogP contribution in [-0.4, -0.2) is 25.3 Å². The molecule has 0 aromatic rings. The van der Waals surface area contributed by atoms with E-state index < -0.39 is 0 Å². The summed E-state index contributed by atoms with van der Waals surface area (Å²) >= 11 is 0. The lowest BCUT2D eigenvalue weighted by molar-refractivity contribution is -0.181. The van der Waals surface area contributed by atoms with Gasteiger partial charge in [0.2, 0.25) is 0 Å². The zero-order valence-corrected chi connectivity index (χ0v) is 6.29. The number of rotatable bonds is 2. The molecular weight excluding hydrogens is 132 g/mol. The van der Waals surface area contributed by atoms with Crippen molar-refractivity contribution in [2.24, 2.45) is 5.92 Å². The molecule has 0 amide bonds. The third-order valence-electron chi connectivity index (χ3n) is 1.57. The van der Waals surface area contributed by atoms with Crippen LogP contribution < -0.4 is 0 Å². The van der Waals surface area contributed by atoms with E-state index in [1.54, 1.807) is 6.92 Å². The lowest BCUT2D eigenvalue weighted by Crippen LogP contribution is -2.44. The number of hydrogen-bond acceptors (Lipinski definition) is 3. The zero-order chi connectivity index (χ0) is 7.56. The molecule has 0 aromatic heterocycles. The first-order valence-corrected chi connectivity index (χ1v) is 3.54. The van der Waals surface area contributed by atoms with Gasteiger partial charge in [-0.15, -0.1) is 0 Å². The van der Waals surface area contributed by atoms with Crippen LogP contribution in [0.15, 0.2) is 0 Å². The van der Waals surface area contributed by atoms with Gasteiger partial charge in [0.05, 0.1) is 13.2 Å². The number of ether oxygens (including phenoxy) is 2. The quantitative estimate of drug-likeness (QED) is 0.532. The highest BCUT2D eigenvalue weighted by Gasteiger charge is 2.35. The summed E-state index contributed by atoms with van der Waals surface area (Å²) in [6, 6.07) is 0. The fraction of sp³-hybridized carbons (Fsp3) is 0.857. The minimum absolute atomic E-state index is 0.221. The minimum Gasteiger partial charge on any atom is -0.464 e. The molecule has 1 aliphatic heterocycles. The van der Waals surface area contributed by atoms with Crippen LogP contribution >= 0.6 is 0 Å². The molecule has 0 N–H and O–H groups in total. The maximum Gasteiger partial charge on any atom is 0.335 e. The van der Waals surface area contributed by atoms with E-state index in [9.17, 15) is 4.79 Å². The van der Waals surface area contributed by atoms with Crippen molar-refractivity contribution < 1.29 is 14.3 Å². The molecule has 3 heteroatoms. The largest absolute Gasteiger partial charge is 0.464 e. The molecule has 1 aliphatic rings. The van der Waals surface area contributed by atoms with Gasteiger partial charge in [-0.3, -0.25) is 0 Å². The molecule has 2 atom stereocenters. The average molecular weight is 144 g/mol. The molecule has 3 nitrogen and oxygen atoms in total. The Kier molecular flexibility index (Phi) is 2.27. The van der Waals surface area contributed by atoms with E-state index in [1.165, 1.54) is 0 Å². The number of carbonyl (C=O) groups is 1. The lowest BCUT2D eigenvalue weighted by atomic mass is 10.0. The summed E-state index contributed by atoms with van der Waals surface area (Å²) in [7, 11) is 0. The van der Waals surface area contributed by atoms with E-state index in [4.69, 9.17) is 9.47 Å². The molecule has 0 saturated carbocycles. The van der Waals surface area contributed by atoms with Crippen molar-refractivity contribution in [1.82, 2.24) is 0 Å². The Morgan fingerprint density at radius 3 is 2.80 bits per heavy atom. The topological polar surface area (TPSA) is 35.5 Å². The van der Waals surface area contributed by atoms with Crippen molar-refractivity contribution in [3.05, 3.63) is 0 Å².